The quantitative estimate of drug-likeness (QED) is 0.668. The second-order valence-electron chi connectivity index (χ2n) is 6.68. The van der Waals surface area contributed by atoms with Crippen LogP contribution in [0, 0.1) is 10.1 Å². The van der Waals surface area contributed by atoms with E-state index in [0.717, 1.165) is 24.0 Å². The number of piperazine rings is 1. The number of hydrogen-bond donors (Lipinski definition) is 1. The number of fused-ring (bicyclic) bond motifs is 6. The van der Waals surface area contributed by atoms with Crippen molar-refractivity contribution in [1.29, 1.82) is 0 Å². The summed E-state index contributed by atoms with van der Waals surface area (Å²) in [4.78, 5) is 27.9. The van der Waals surface area contributed by atoms with Crippen molar-refractivity contribution in [3.63, 3.8) is 0 Å². The van der Waals surface area contributed by atoms with Crippen LogP contribution in [0.4, 0.5) is 11.4 Å². The van der Waals surface area contributed by atoms with E-state index in [1.165, 1.54) is 6.07 Å². The van der Waals surface area contributed by atoms with Gasteiger partial charge in [-0.05, 0) is 18.6 Å². The Morgan fingerprint density at radius 1 is 1.17 bits per heavy atom. The molecule has 3 atom stereocenters. The molecule has 3 heterocycles. The molecule has 7 heteroatoms. The standard InChI is InChI=1S/C17H16N4O3/c22-17-16-13-7-10(8-18-13)19(16)9-20(17)14-5-6-15(21(23)24)12-4-2-1-3-11(12)14/h1-6,10,13,16,18H,7-9H2/t10?,13?,16-/m1/s1. The van der Waals surface area contributed by atoms with Gasteiger partial charge in [0, 0.05) is 30.1 Å². The maximum atomic E-state index is 13.0. The lowest BCUT2D eigenvalue weighted by Gasteiger charge is -2.26. The molecule has 7 nitrogen and oxygen atoms in total. The van der Waals surface area contributed by atoms with E-state index in [0.29, 0.717) is 18.1 Å². The minimum absolute atomic E-state index is 0.0724. The average molecular weight is 324 g/mol. The highest BCUT2D eigenvalue weighted by atomic mass is 16.6. The first kappa shape index (κ1) is 13.9. The number of rotatable bonds is 2. The third-order valence-corrected chi connectivity index (χ3v) is 5.54. The molecule has 0 saturated carbocycles. The van der Waals surface area contributed by atoms with E-state index < -0.39 is 0 Å². The molecule has 2 unspecified atom stereocenters. The van der Waals surface area contributed by atoms with E-state index in [2.05, 4.69) is 10.2 Å². The summed E-state index contributed by atoms with van der Waals surface area (Å²) in [5.74, 6) is 0.0914. The molecule has 24 heavy (non-hydrogen) atoms. The van der Waals surface area contributed by atoms with Crippen LogP contribution in [-0.2, 0) is 4.79 Å². The number of carbonyl (C=O) groups is 1. The fourth-order valence-electron chi connectivity index (χ4n) is 4.47. The number of nitrogens with one attached hydrogen (secondary N) is 1. The summed E-state index contributed by atoms with van der Waals surface area (Å²) in [5, 5.41) is 16.0. The molecule has 2 aromatic rings. The topological polar surface area (TPSA) is 78.7 Å². The number of nitro benzene ring substituents is 1. The summed E-state index contributed by atoms with van der Waals surface area (Å²) in [6.07, 6.45) is 1.03. The Labute approximate surface area is 138 Å². The number of benzene rings is 2. The summed E-state index contributed by atoms with van der Waals surface area (Å²) in [7, 11) is 0. The Bertz CT molecular complexity index is 883. The molecule has 2 aromatic carbocycles. The highest BCUT2D eigenvalue weighted by molar-refractivity contribution is 6.09. The third kappa shape index (κ3) is 1.71. The molecular weight excluding hydrogens is 308 g/mol. The predicted molar refractivity (Wildman–Crippen MR) is 88.8 cm³/mol. The zero-order valence-electron chi connectivity index (χ0n) is 12.9. The summed E-state index contributed by atoms with van der Waals surface area (Å²) in [5.41, 5.74) is 0.832. The van der Waals surface area contributed by atoms with E-state index in [1.54, 1.807) is 23.1 Å². The van der Waals surface area contributed by atoms with E-state index in [-0.39, 0.29) is 28.6 Å². The Morgan fingerprint density at radius 3 is 2.71 bits per heavy atom. The lowest BCUT2D eigenvalue weighted by Crippen LogP contribution is -2.50. The van der Waals surface area contributed by atoms with Crippen LogP contribution in [0.2, 0.25) is 0 Å². The van der Waals surface area contributed by atoms with Gasteiger partial charge < -0.3 is 5.32 Å². The molecule has 3 aliphatic heterocycles. The van der Waals surface area contributed by atoms with Crippen LogP contribution < -0.4 is 10.2 Å². The molecule has 0 spiro atoms. The number of non-ortho nitro benzene ring substituents is 1. The van der Waals surface area contributed by atoms with Gasteiger partial charge in [0.05, 0.1) is 22.7 Å². The Kier molecular flexibility index (Phi) is 2.75. The first-order valence-corrected chi connectivity index (χ1v) is 8.12. The second-order valence-corrected chi connectivity index (χ2v) is 6.68. The molecule has 3 saturated heterocycles. The monoisotopic (exact) mass is 324 g/mol. The Morgan fingerprint density at radius 2 is 1.96 bits per heavy atom. The molecule has 122 valence electrons. The van der Waals surface area contributed by atoms with Crippen LogP contribution in [0.25, 0.3) is 10.8 Å². The molecular formula is C17H16N4O3. The molecule has 1 amide bonds. The van der Waals surface area contributed by atoms with Gasteiger partial charge in [0.25, 0.3) is 5.69 Å². The van der Waals surface area contributed by atoms with Crippen molar-refractivity contribution >= 4 is 28.1 Å². The van der Waals surface area contributed by atoms with Gasteiger partial charge in [-0.1, -0.05) is 18.2 Å². The van der Waals surface area contributed by atoms with Gasteiger partial charge in [-0.25, -0.2) is 0 Å². The van der Waals surface area contributed by atoms with Crippen LogP contribution in [0.5, 0.6) is 0 Å². The SMILES string of the molecule is O=C1[C@H]2C3CC(CN3)N2CN1c1ccc([N+](=O)[O-])c2ccccc12. The van der Waals surface area contributed by atoms with Gasteiger partial charge in [0.1, 0.15) is 6.04 Å². The highest BCUT2D eigenvalue weighted by Gasteiger charge is 2.55. The number of anilines is 1. The van der Waals surface area contributed by atoms with E-state index in [9.17, 15) is 14.9 Å². The average Bonchev–Trinajstić information content (AvgIpc) is 3.27. The van der Waals surface area contributed by atoms with Gasteiger partial charge in [-0.15, -0.1) is 0 Å². The second kappa shape index (κ2) is 4.75. The number of nitrogens with zero attached hydrogens (tertiary/aromatic N) is 3. The smallest absolute Gasteiger partial charge is 0.277 e. The fraction of sp³-hybridized carbons (Fsp3) is 0.353. The van der Waals surface area contributed by atoms with Crippen LogP contribution in [-0.4, -0.2) is 47.1 Å². The molecule has 0 radical (unpaired) electrons. The zero-order chi connectivity index (χ0) is 16.4. The molecule has 3 aliphatic rings. The molecule has 1 N–H and O–H groups in total. The summed E-state index contributed by atoms with van der Waals surface area (Å²) in [6, 6.07) is 11.0. The van der Waals surface area contributed by atoms with Crippen LogP contribution in [0.15, 0.2) is 36.4 Å². The van der Waals surface area contributed by atoms with Crippen molar-refractivity contribution in [2.45, 2.75) is 24.5 Å². The molecule has 0 aliphatic carbocycles. The Balaban J connectivity index is 1.62. The normalized spacial score (nSPS) is 28.8. The van der Waals surface area contributed by atoms with Crippen molar-refractivity contribution in [3.05, 3.63) is 46.5 Å². The van der Waals surface area contributed by atoms with Gasteiger partial charge in [-0.3, -0.25) is 24.7 Å². The molecule has 3 fully saturated rings. The van der Waals surface area contributed by atoms with Crippen LogP contribution in [0.3, 0.4) is 0 Å². The van der Waals surface area contributed by atoms with Gasteiger partial charge >= 0.3 is 0 Å². The first-order chi connectivity index (χ1) is 11.6. The third-order valence-electron chi connectivity index (χ3n) is 5.54. The molecule has 0 aromatic heterocycles. The van der Waals surface area contributed by atoms with E-state index in [1.807, 2.05) is 12.1 Å². The van der Waals surface area contributed by atoms with Gasteiger partial charge in [0.2, 0.25) is 5.91 Å². The molecule has 5 rings (SSSR count). The summed E-state index contributed by atoms with van der Waals surface area (Å²) < 4.78 is 0. The first-order valence-electron chi connectivity index (χ1n) is 8.12. The van der Waals surface area contributed by atoms with Crippen molar-refractivity contribution in [2.24, 2.45) is 0 Å². The van der Waals surface area contributed by atoms with Crippen LogP contribution in [0.1, 0.15) is 6.42 Å². The lowest BCUT2D eigenvalue weighted by molar-refractivity contribution is -0.383. The largest absolute Gasteiger partial charge is 0.310 e. The van der Waals surface area contributed by atoms with Crippen molar-refractivity contribution in [3.8, 4) is 0 Å². The molecule has 2 bridgehead atoms. The summed E-state index contributed by atoms with van der Waals surface area (Å²) in [6.45, 7) is 1.50. The lowest BCUT2D eigenvalue weighted by atomic mass is 10.1. The minimum atomic E-state index is -0.375. The maximum absolute atomic E-state index is 13.0. The highest BCUT2D eigenvalue weighted by Crippen LogP contribution is 2.40. The number of nitro groups is 1. The van der Waals surface area contributed by atoms with Crippen molar-refractivity contribution in [1.82, 2.24) is 10.2 Å². The maximum Gasteiger partial charge on any atom is 0.277 e. The van der Waals surface area contributed by atoms with E-state index in [4.69, 9.17) is 0 Å². The van der Waals surface area contributed by atoms with Gasteiger partial charge in [-0.2, -0.15) is 0 Å². The number of carbonyl (C=O) groups excluding carboxylic acids is 1. The number of amides is 1. The fourth-order valence-corrected chi connectivity index (χ4v) is 4.47. The minimum Gasteiger partial charge on any atom is -0.310 e. The summed E-state index contributed by atoms with van der Waals surface area (Å²) >= 11 is 0. The van der Waals surface area contributed by atoms with Crippen molar-refractivity contribution in [2.75, 3.05) is 18.1 Å². The predicted octanol–water partition coefficient (Wildman–Crippen LogP) is 1.47. The van der Waals surface area contributed by atoms with Gasteiger partial charge in [0.15, 0.2) is 0 Å². The van der Waals surface area contributed by atoms with E-state index >= 15 is 0 Å². The zero-order valence-corrected chi connectivity index (χ0v) is 12.9. The van der Waals surface area contributed by atoms with Crippen LogP contribution >= 0.6 is 0 Å². The number of hydrogen-bond acceptors (Lipinski definition) is 5. The Hall–Kier alpha value is -2.51. The van der Waals surface area contributed by atoms with Crippen molar-refractivity contribution < 1.29 is 9.72 Å².